The number of hydrogen-bond acceptors (Lipinski definition) is 6. The molecule has 1 heterocycles. The van der Waals surface area contributed by atoms with E-state index in [9.17, 15) is 33.2 Å². The largest absolute Gasteiger partial charge is 0.545 e. The molecular weight excluding hydrogens is 395 g/mol. The molecular formula is C19H13F3NO6-. The molecule has 0 bridgehead atoms. The number of nitro benzene ring substituents is 1. The van der Waals surface area contributed by atoms with Crippen LogP contribution in [0.1, 0.15) is 29.8 Å². The van der Waals surface area contributed by atoms with Crippen LogP contribution < -0.4 is 9.84 Å². The minimum atomic E-state index is -4.57. The number of non-ortho nitro benzene ring substituents is 1. The number of aromatic carboxylic acids is 1. The summed E-state index contributed by atoms with van der Waals surface area (Å²) in [5.41, 5.74) is -1.92. The van der Waals surface area contributed by atoms with Crippen LogP contribution in [-0.2, 0) is 6.18 Å². The van der Waals surface area contributed by atoms with E-state index in [0.29, 0.717) is 0 Å². The van der Waals surface area contributed by atoms with Crippen LogP contribution in [0.15, 0.2) is 40.8 Å². The molecule has 2 aromatic carbocycles. The Balaban J connectivity index is 2.29. The van der Waals surface area contributed by atoms with E-state index in [2.05, 4.69) is 0 Å². The zero-order valence-corrected chi connectivity index (χ0v) is 15.1. The van der Waals surface area contributed by atoms with Crippen molar-refractivity contribution in [1.29, 1.82) is 0 Å². The predicted octanol–water partition coefficient (Wildman–Crippen LogP) is 4.18. The van der Waals surface area contributed by atoms with Crippen LogP contribution in [0.5, 0.6) is 5.75 Å². The lowest BCUT2D eigenvalue weighted by Gasteiger charge is -2.12. The summed E-state index contributed by atoms with van der Waals surface area (Å²) in [5, 5.41) is 22.9. The van der Waals surface area contributed by atoms with Gasteiger partial charge in [0.15, 0.2) is 0 Å². The zero-order valence-electron chi connectivity index (χ0n) is 15.1. The predicted molar refractivity (Wildman–Crippen MR) is 93.4 cm³/mol. The summed E-state index contributed by atoms with van der Waals surface area (Å²) in [6.07, 6.45) is -5.01. The number of carbonyl (C=O) groups is 1. The molecule has 1 aromatic heterocycles. The molecule has 0 radical (unpaired) electrons. The molecule has 0 aliphatic heterocycles. The third kappa shape index (κ3) is 3.86. The number of alkyl halides is 3. The van der Waals surface area contributed by atoms with Crippen molar-refractivity contribution in [1.82, 2.24) is 0 Å². The van der Waals surface area contributed by atoms with Crippen LogP contribution in [0.4, 0.5) is 18.9 Å². The van der Waals surface area contributed by atoms with Gasteiger partial charge >= 0.3 is 6.18 Å². The molecule has 0 saturated heterocycles. The molecule has 0 atom stereocenters. The number of nitrogens with zero attached hydrogens (tertiary/aromatic N) is 1. The van der Waals surface area contributed by atoms with Gasteiger partial charge in [-0.25, -0.2) is 0 Å². The fourth-order valence-corrected chi connectivity index (χ4v) is 2.84. The molecule has 0 N–H and O–H groups in total. The van der Waals surface area contributed by atoms with Crippen LogP contribution >= 0.6 is 0 Å². The number of rotatable bonds is 5. The maximum atomic E-state index is 12.8. The van der Waals surface area contributed by atoms with Crippen molar-refractivity contribution in [3.63, 3.8) is 0 Å². The summed E-state index contributed by atoms with van der Waals surface area (Å²) in [6.45, 7) is 3.28. The number of fused-ring (bicyclic) bond motifs is 1. The van der Waals surface area contributed by atoms with Crippen LogP contribution in [-0.4, -0.2) is 17.0 Å². The van der Waals surface area contributed by atoms with Gasteiger partial charge in [0.2, 0.25) is 0 Å². The number of furan rings is 1. The van der Waals surface area contributed by atoms with Crippen LogP contribution in [0.3, 0.4) is 0 Å². The number of carbonyl (C=O) groups excluding carboxylic acids is 1. The van der Waals surface area contributed by atoms with Crippen molar-refractivity contribution in [3.8, 4) is 17.1 Å². The standard InChI is InChI=1S/C19H14F3NO6/c1-9(2)28-13-7-12(23(26)27)8-14-15(13)16(18(24)25)17(29-14)10-3-5-11(6-4-10)19(20,21)22/h3-9H,1-2H3,(H,24,25)/p-1. The molecule has 0 fully saturated rings. The van der Waals surface area contributed by atoms with E-state index in [1.807, 2.05) is 0 Å². The molecule has 3 aromatic rings. The van der Waals surface area contributed by atoms with E-state index in [0.717, 1.165) is 36.4 Å². The highest BCUT2D eigenvalue weighted by Crippen LogP contribution is 2.41. The van der Waals surface area contributed by atoms with Gasteiger partial charge in [0.05, 0.1) is 45.6 Å². The quantitative estimate of drug-likeness (QED) is 0.463. The van der Waals surface area contributed by atoms with E-state index < -0.39 is 40.0 Å². The first-order valence-electron chi connectivity index (χ1n) is 8.29. The molecule has 0 saturated carbocycles. The van der Waals surface area contributed by atoms with Crippen LogP contribution in [0.25, 0.3) is 22.3 Å². The van der Waals surface area contributed by atoms with Crippen LogP contribution in [0, 0.1) is 10.1 Å². The SMILES string of the molecule is CC(C)Oc1cc([N+](=O)[O-])cc2oc(-c3ccc(C(F)(F)F)cc3)c(C(=O)[O-])c12. The highest BCUT2D eigenvalue weighted by atomic mass is 19.4. The number of carboxylic acids is 1. The van der Waals surface area contributed by atoms with Crippen molar-refractivity contribution in [2.24, 2.45) is 0 Å². The number of benzene rings is 2. The molecule has 0 unspecified atom stereocenters. The number of halogens is 3. The van der Waals surface area contributed by atoms with E-state index >= 15 is 0 Å². The Morgan fingerprint density at radius 2 is 1.79 bits per heavy atom. The van der Waals surface area contributed by atoms with E-state index in [1.54, 1.807) is 13.8 Å². The van der Waals surface area contributed by atoms with Crippen LogP contribution in [0.2, 0.25) is 0 Å². The van der Waals surface area contributed by atoms with Gasteiger partial charge < -0.3 is 19.1 Å². The molecule has 0 amide bonds. The summed E-state index contributed by atoms with van der Waals surface area (Å²) in [5.74, 6) is -2.06. The molecule has 0 aliphatic carbocycles. The Labute approximate surface area is 161 Å². The Morgan fingerprint density at radius 3 is 2.28 bits per heavy atom. The highest BCUT2D eigenvalue weighted by Gasteiger charge is 2.31. The van der Waals surface area contributed by atoms with Crippen molar-refractivity contribution in [2.45, 2.75) is 26.1 Å². The van der Waals surface area contributed by atoms with Gasteiger partial charge in [-0.1, -0.05) is 12.1 Å². The monoisotopic (exact) mass is 408 g/mol. The average Bonchev–Trinajstić information content (AvgIpc) is 3.00. The van der Waals surface area contributed by atoms with E-state index in [1.165, 1.54) is 0 Å². The van der Waals surface area contributed by atoms with Crippen molar-refractivity contribution < 1.29 is 37.1 Å². The average molecular weight is 408 g/mol. The first-order valence-corrected chi connectivity index (χ1v) is 8.29. The van der Waals surface area contributed by atoms with E-state index in [-0.39, 0.29) is 28.0 Å². The summed E-state index contributed by atoms with van der Waals surface area (Å²) < 4.78 is 49.4. The smallest absolute Gasteiger partial charge is 0.416 e. The topological polar surface area (TPSA) is 106 Å². The molecule has 0 aliphatic rings. The fourth-order valence-electron chi connectivity index (χ4n) is 2.84. The van der Waals surface area contributed by atoms with Gasteiger partial charge in [-0.15, -0.1) is 0 Å². The maximum Gasteiger partial charge on any atom is 0.416 e. The van der Waals surface area contributed by atoms with Crippen molar-refractivity contribution >= 4 is 22.6 Å². The first kappa shape index (κ1) is 20.2. The highest BCUT2D eigenvalue weighted by molar-refractivity contribution is 6.10. The fraction of sp³-hybridized carbons (Fsp3) is 0.211. The Hall–Kier alpha value is -3.56. The molecule has 7 nitrogen and oxygen atoms in total. The normalized spacial score (nSPS) is 11.8. The van der Waals surface area contributed by atoms with Gasteiger partial charge in [-0.05, 0) is 26.0 Å². The second-order valence-corrected chi connectivity index (χ2v) is 6.41. The lowest BCUT2D eigenvalue weighted by atomic mass is 10.0. The Morgan fingerprint density at radius 1 is 1.17 bits per heavy atom. The molecule has 152 valence electrons. The minimum absolute atomic E-state index is 0.0338. The second kappa shape index (κ2) is 7.12. The van der Waals surface area contributed by atoms with Gasteiger partial charge in [0.25, 0.3) is 5.69 Å². The van der Waals surface area contributed by atoms with Gasteiger partial charge in [-0.3, -0.25) is 10.1 Å². The van der Waals surface area contributed by atoms with Gasteiger partial charge in [0.1, 0.15) is 17.1 Å². The first-order chi connectivity index (χ1) is 13.5. The molecule has 3 rings (SSSR count). The Kier molecular flexibility index (Phi) is 4.95. The maximum absolute atomic E-state index is 12.8. The third-order valence-electron chi connectivity index (χ3n) is 3.99. The summed E-state index contributed by atoms with van der Waals surface area (Å²) in [6, 6.07) is 5.71. The summed E-state index contributed by atoms with van der Waals surface area (Å²) in [7, 11) is 0. The number of ether oxygens (including phenoxy) is 1. The molecule has 29 heavy (non-hydrogen) atoms. The number of hydrogen-bond donors (Lipinski definition) is 0. The zero-order chi connectivity index (χ0) is 21.5. The Bertz CT molecular complexity index is 1100. The number of carboxylic acid groups (broad SMARTS) is 1. The second-order valence-electron chi connectivity index (χ2n) is 6.41. The van der Waals surface area contributed by atoms with Gasteiger partial charge in [0, 0.05) is 5.56 Å². The lowest BCUT2D eigenvalue weighted by molar-refractivity contribution is -0.384. The lowest BCUT2D eigenvalue weighted by Crippen LogP contribution is -2.23. The van der Waals surface area contributed by atoms with Gasteiger partial charge in [-0.2, -0.15) is 13.2 Å². The van der Waals surface area contributed by atoms with Crippen molar-refractivity contribution in [2.75, 3.05) is 0 Å². The minimum Gasteiger partial charge on any atom is -0.545 e. The van der Waals surface area contributed by atoms with Crippen molar-refractivity contribution in [3.05, 3.63) is 57.6 Å². The molecule has 10 heteroatoms. The number of nitro groups is 1. The third-order valence-corrected chi connectivity index (χ3v) is 3.99. The van der Waals surface area contributed by atoms with E-state index in [4.69, 9.17) is 9.15 Å². The summed E-state index contributed by atoms with van der Waals surface area (Å²) in [4.78, 5) is 22.3. The molecule has 0 spiro atoms. The summed E-state index contributed by atoms with van der Waals surface area (Å²) >= 11 is 0.